The number of nitrogens with two attached hydrogens (primary N) is 1. The molecule has 0 fully saturated rings. The Labute approximate surface area is 472 Å². The molecule has 2 amide bonds. The maximum atomic E-state index is 12.9. The highest BCUT2D eigenvalue weighted by atomic mass is 32.2. The molecule has 19 nitrogen and oxygen atoms in total. The number of amides is 2. The fourth-order valence-electron chi connectivity index (χ4n) is 8.51. The van der Waals surface area contributed by atoms with Crippen LogP contribution in [0.25, 0.3) is 22.3 Å². The molecule has 22 heteroatoms. The Kier molecular flexibility index (Phi) is 25.7. The predicted molar refractivity (Wildman–Crippen MR) is 300 cm³/mol. The van der Waals surface area contributed by atoms with Crippen LogP contribution >= 0.6 is 35.3 Å². The second kappa shape index (κ2) is 33.0. The average molecular weight is 1150 g/mol. The van der Waals surface area contributed by atoms with Crippen molar-refractivity contribution in [1.29, 1.82) is 0 Å². The normalized spacial score (nSPS) is 12.2. The molecule has 2 aliphatic rings. The molecule has 0 atom stereocenters. The predicted octanol–water partition coefficient (Wildman–Crippen LogP) is 7.05. The molecule has 0 bridgehead atoms. The zero-order valence-electron chi connectivity index (χ0n) is 44.1. The van der Waals surface area contributed by atoms with E-state index in [9.17, 15) is 38.4 Å². The molecule has 0 saturated carbocycles. The van der Waals surface area contributed by atoms with Crippen LogP contribution < -0.4 is 16.4 Å². The van der Waals surface area contributed by atoms with Crippen LogP contribution in [0.5, 0.6) is 0 Å². The van der Waals surface area contributed by atoms with Gasteiger partial charge >= 0.3 is 48.0 Å². The van der Waals surface area contributed by atoms with Crippen molar-refractivity contribution in [2.24, 2.45) is 11.1 Å². The summed E-state index contributed by atoms with van der Waals surface area (Å²) in [5, 5.41) is 5.20. The van der Waals surface area contributed by atoms with Gasteiger partial charge in [0, 0.05) is 35.6 Å². The van der Waals surface area contributed by atoms with E-state index in [1.807, 2.05) is 72.8 Å². The van der Waals surface area contributed by atoms with Gasteiger partial charge < -0.3 is 54.3 Å². The quantitative estimate of drug-likeness (QED) is 0.0240. The zero-order chi connectivity index (χ0) is 56.2. The molecule has 6 rings (SSSR count). The molecule has 4 aromatic rings. The van der Waals surface area contributed by atoms with Gasteiger partial charge in [0.1, 0.15) is 52.9 Å². The summed E-state index contributed by atoms with van der Waals surface area (Å²) in [5.74, 6) is -3.03. The Morgan fingerprint density at radius 1 is 0.443 bits per heavy atom. The molecular weight excluding hydrogens is 1080 g/mol. The van der Waals surface area contributed by atoms with Gasteiger partial charge in [0.05, 0.1) is 55.0 Å². The zero-order valence-corrected chi connectivity index (χ0v) is 46.5. The van der Waals surface area contributed by atoms with Crippen molar-refractivity contribution in [2.75, 3.05) is 107 Å². The number of rotatable bonds is 34. The van der Waals surface area contributed by atoms with Crippen LogP contribution in [0.2, 0.25) is 0 Å². The maximum Gasteiger partial charge on any atom is 0.407 e. The Morgan fingerprint density at radius 3 is 1.08 bits per heavy atom. The maximum absolute atomic E-state index is 12.9. The summed E-state index contributed by atoms with van der Waals surface area (Å²) in [6, 6.07) is 32.1. The van der Waals surface area contributed by atoms with Gasteiger partial charge in [-0.3, -0.25) is 28.8 Å². The summed E-state index contributed by atoms with van der Waals surface area (Å²) in [4.78, 5) is 100. The molecule has 0 saturated heterocycles. The molecule has 0 radical (unpaired) electrons. The lowest BCUT2D eigenvalue weighted by Gasteiger charge is -2.31. The first-order valence-corrected chi connectivity index (χ1v) is 29.4. The van der Waals surface area contributed by atoms with Crippen molar-refractivity contribution < 1.29 is 76.3 Å². The average Bonchev–Trinajstić information content (AvgIpc) is 4.08. The fourth-order valence-corrected chi connectivity index (χ4v) is 10.6. The van der Waals surface area contributed by atoms with Gasteiger partial charge in [0.2, 0.25) is 0 Å². The molecule has 4 N–H and O–H groups in total. The number of alkyl carbamates (subject to hydrolysis) is 2. The van der Waals surface area contributed by atoms with Crippen molar-refractivity contribution in [2.45, 2.75) is 44.4 Å². The lowest BCUT2D eigenvalue weighted by Crippen LogP contribution is -2.39. The number of thioether (sulfide) groups is 3. The van der Waals surface area contributed by atoms with Gasteiger partial charge in [-0.25, -0.2) is 9.59 Å². The number of hydrogen-bond acceptors (Lipinski definition) is 20. The van der Waals surface area contributed by atoms with Crippen molar-refractivity contribution >= 4 is 83.3 Å². The highest BCUT2D eigenvalue weighted by molar-refractivity contribution is 8.00. The van der Waals surface area contributed by atoms with Crippen LogP contribution in [-0.2, 0) is 66.7 Å². The minimum absolute atomic E-state index is 0.0109. The molecule has 0 heterocycles. The van der Waals surface area contributed by atoms with Crippen LogP contribution in [0.1, 0.15) is 66.7 Å². The topological polar surface area (TPSA) is 260 Å². The molecule has 0 spiro atoms. The lowest BCUT2D eigenvalue weighted by atomic mass is 9.88. The third kappa shape index (κ3) is 19.8. The van der Waals surface area contributed by atoms with Gasteiger partial charge in [0.25, 0.3) is 0 Å². The highest BCUT2D eigenvalue weighted by Gasteiger charge is 2.35. The van der Waals surface area contributed by atoms with E-state index >= 15 is 0 Å². The summed E-state index contributed by atoms with van der Waals surface area (Å²) >= 11 is 3.45. The molecule has 79 heavy (non-hydrogen) atoms. The van der Waals surface area contributed by atoms with Gasteiger partial charge in [-0.15, -0.1) is 35.3 Å². The van der Waals surface area contributed by atoms with E-state index in [1.54, 1.807) is 6.92 Å². The number of carbonyl (C=O) groups excluding carboxylic acids is 8. The minimum atomic E-state index is -1.12. The number of nitrogens with one attached hydrogen (secondary N) is 2. The standard InChI is InChI=1S/C57H67N3O16S3/c1-2-57(36-74-52(64)33-77-28-19-49(61)69-25-22-58,37-75-53(65)34-78-29-20-50(62)70-26-23-59-55(67)72-31-47-43-15-7-3-11-39(43)40-12-4-8-16-44(40)47)38-76-54(66)35-79-30-21-51(63)71-27-24-60-56(68)73-32-48-45-17-9-5-13-41(45)42-14-6-10-18-46(42)48/h3-18,47-48H,2,19-38,58H2,1H3,(H,59,67)(H,60,68). The van der Waals surface area contributed by atoms with E-state index in [4.69, 9.17) is 43.6 Å². The first-order chi connectivity index (χ1) is 38.4. The smallest absolute Gasteiger partial charge is 0.407 e. The third-order valence-corrected chi connectivity index (χ3v) is 15.5. The molecule has 424 valence electrons. The van der Waals surface area contributed by atoms with E-state index in [-0.39, 0.29) is 139 Å². The third-order valence-electron chi connectivity index (χ3n) is 12.7. The van der Waals surface area contributed by atoms with Crippen LogP contribution in [-0.4, -0.2) is 155 Å². The molecule has 0 aromatic heterocycles. The first-order valence-electron chi connectivity index (χ1n) is 25.9. The molecule has 2 aliphatic carbocycles. The van der Waals surface area contributed by atoms with Gasteiger partial charge in [0.15, 0.2) is 0 Å². The summed E-state index contributed by atoms with van der Waals surface area (Å²) < 4.78 is 43.2. The van der Waals surface area contributed by atoms with Crippen LogP contribution in [0.4, 0.5) is 9.59 Å². The Hall–Kier alpha value is -6.75. The van der Waals surface area contributed by atoms with Crippen LogP contribution in [0.3, 0.4) is 0 Å². The van der Waals surface area contributed by atoms with Crippen LogP contribution in [0, 0.1) is 5.41 Å². The summed E-state index contributed by atoms with van der Waals surface area (Å²) in [5.41, 5.74) is 13.1. The number of ether oxygens (including phenoxy) is 8. The van der Waals surface area contributed by atoms with Crippen molar-refractivity contribution in [3.8, 4) is 22.3 Å². The number of esters is 6. The molecular formula is C57H67N3O16S3. The highest BCUT2D eigenvalue weighted by Crippen LogP contribution is 2.45. The monoisotopic (exact) mass is 1150 g/mol. The fraction of sp³-hybridized carbons (Fsp3) is 0.439. The first kappa shape index (κ1) is 61.5. The van der Waals surface area contributed by atoms with Crippen molar-refractivity contribution in [3.63, 3.8) is 0 Å². The number of benzene rings is 4. The van der Waals surface area contributed by atoms with Gasteiger partial charge in [-0.1, -0.05) is 104 Å². The Bertz CT molecular complexity index is 2460. The van der Waals surface area contributed by atoms with E-state index in [1.165, 1.54) is 11.8 Å². The molecule has 0 aliphatic heterocycles. The minimum Gasteiger partial charge on any atom is -0.464 e. The van der Waals surface area contributed by atoms with E-state index in [0.29, 0.717) is 5.75 Å². The Balaban J connectivity index is 0.839. The molecule has 4 aromatic carbocycles. The van der Waals surface area contributed by atoms with Crippen molar-refractivity contribution in [1.82, 2.24) is 10.6 Å². The lowest BCUT2D eigenvalue weighted by molar-refractivity contribution is -0.159. The summed E-state index contributed by atoms with van der Waals surface area (Å²) in [6.45, 7) is 1.51. The van der Waals surface area contributed by atoms with E-state index in [2.05, 4.69) is 34.9 Å². The number of hydrogen-bond donors (Lipinski definition) is 3. The van der Waals surface area contributed by atoms with E-state index < -0.39 is 53.4 Å². The second-order valence-corrected chi connectivity index (χ2v) is 21.5. The number of carbonyl (C=O) groups is 8. The van der Waals surface area contributed by atoms with Gasteiger partial charge in [-0.05, 0) is 50.9 Å². The largest absolute Gasteiger partial charge is 0.464 e. The van der Waals surface area contributed by atoms with Gasteiger partial charge in [-0.2, -0.15) is 0 Å². The summed E-state index contributed by atoms with van der Waals surface area (Å²) in [6.07, 6.45) is -0.937. The number of fused-ring (bicyclic) bond motifs is 6. The Morgan fingerprint density at radius 2 is 0.759 bits per heavy atom. The second-order valence-electron chi connectivity index (χ2n) is 18.2. The van der Waals surface area contributed by atoms with Crippen LogP contribution in [0.15, 0.2) is 97.1 Å². The van der Waals surface area contributed by atoms with E-state index in [0.717, 1.165) is 68.0 Å². The van der Waals surface area contributed by atoms with Crippen molar-refractivity contribution in [3.05, 3.63) is 119 Å². The molecule has 0 unspecified atom stereocenters. The SMILES string of the molecule is CCC(COC(=O)CSCCC(=O)OCCN)(COC(=O)CSCCC(=O)OCCNC(=O)OCC1c2ccccc2-c2ccccc21)COC(=O)CSCCC(=O)OCCNC(=O)OCC1c2ccccc2-c2ccccc21. The summed E-state index contributed by atoms with van der Waals surface area (Å²) in [7, 11) is 0.